The average molecular weight is 436 g/mol. The van der Waals surface area contributed by atoms with E-state index < -0.39 is 0 Å². The van der Waals surface area contributed by atoms with Crippen molar-refractivity contribution in [1.82, 2.24) is 9.97 Å². The van der Waals surface area contributed by atoms with Crippen molar-refractivity contribution in [1.29, 1.82) is 0 Å². The number of para-hydroxylation sites is 1. The predicted molar refractivity (Wildman–Crippen MR) is 114 cm³/mol. The summed E-state index contributed by atoms with van der Waals surface area (Å²) in [6.07, 6.45) is 1.55. The van der Waals surface area contributed by atoms with Crippen LogP contribution in [0, 0.1) is 0 Å². The van der Waals surface area contributed by atoms with Crippen LogP contribution in [-0.2, 0) is 6.61 Å². The van der Waals surface area contributed by atoms with Gasteiger partial charge in [0, 0.05) is 27.2 Å². The largest absolute Gasteiger partial charge is 0.493 e. The first kappa shape index (κ1) is 18.3. The van der Waals surface area contributed by atoms with Gasteiger partial charge in [-0.3, -0.25) is 0 Å². The monoisotopic (exact) mass is 435 g/mol. The Labute approximate surface area is 171 Å². The van der Waals surface area contributed by atoms with Crippen LogP contribution in [0.25, 0.3) is 10.9 Å². The Morgan fingerprint density at radius 1 is 0.929 bits per heavy atom. The minimum atomic E-state index is 0.446. The second kappa shape index (κ2) is 8.27. The molecule has 0 aliphatic heterocycles. The van der Waals surface area contributed by atoms with Crippen molar-refractivity contribution in [3.8, 4) is 11.5 Å². The van der Waals surface area contributed by atoms with Crippen LogP contribution in [0.15, 0.2) is 77.5 Å². The van der Waals surface area contributed by atoms with Crippen LogP contribution in [0.1, 0.15) is 5.56 Å². The van der Waals surface area contributed by atoms with Gasteiger partial charge in [0.1, 0.15) is 18.8 Å². The molecule has 0 aliphatic rings. The number of methoxy groups -OCH3 is 1. The van der Waals surface area contributed by atoms with Gasteiger partial charge < -0.3 is 14.8 Å². The molecule has 4 aromatic rings. The molecule has 0 amide bonds. The molecule has 0 saturated carbocycles. The molecule has 3 aromatic carbocycles. The molecule has 4 rings (SSSR count). The molecule has 1 aromatic heterocycles. The second-order valence-electron chi connectivity index (χ2n) is 6.11. The van der Waals surface area contributed by atoms with Crippen LogP contribution in [0.4, 0.5) is 11.5 Å². The van der Waals surface area contributed by atoms with E-state index in [2.05, 4.69) is 31.2 Å². The number of hydrogen-bond donors (Lipinski definition) is 1. The lowest BCUT2D eigenvalue weighted by atomic mass is 10.2. The molecule has 0 spiro atoms. The van der Waals surface area contributed by atoms with Crippen molar-refractivity contribution in [2.24, 2.45) is 0 Å². The van der Waals surface area contributed by atoms with E-state index in [0.29, 0.717) is 18.1 Å². The van der Waals surface area contributed by atoms with E-state index in [1.54, 1.807) is 13.4 Å². The zero-order valence-corrected chi connectivity index (χ0v) is 16.8. The molecule has 0 aliphatic carbocycles. The first-order chi connectivity index (χ1) is 13.7. The number of nitrogens with one attached hydrogen (secondary N) is 1. The van der Waals surface area contributed by atoms with E-state index >= 15 is 0 Å². The third-order valence-electron chi connectivity index (χ3n) is 4.31. The molecule has 28 heavy (non-hydrogen) atoms. The highest BCUT2D eigenvalue weighted by Gasteiger charge is 2.09. The maximum absolute atomic E-state index is 5.96. The van der Waals surface area contributed by atoms with Crippen molar-refractivity contribution in [2.45, 2.75) is 6.61 Å². The van der Waals surface area contributed by atoms with Gasteiger partial charge in [0.05, 0.1) is 12.6 Å². The molecule has 6 heteroatoms. The first-order valence-electron chi connectivity index (χ1n) is 8.75. The van der Waals surface area contributed by atoms with Crippen LogP contribution in [0.5, 0.6) is 11.5 Å². The van der Waals surface area contributed by atoms with Gasteiger partial charge in [0.15, 0.2) is 11.5 Å². The van der Waals surface area contributed by atoms with E-state index in [9.17, 15) is 0 Å². The van der Waals surface area contributed by atoms with E-state index in [1.165, 1.54) is 0 Å². The van der Waals surface area contributed by atoms with Gasteiger partial charge in [-0.25, -0.2) is 9.97 Å². The van der Waals surface area contributed by atoms with Crippen molar-refractivity contribution < 1.29 is 9.47 Å². The molecule has 0 bridgehead atoms. The lowest BCUT2D eigenvalue weighted by Gasteiger charge is -2.14. The molecule has 1 heterocycles. The summed E-state index contributed by atoms with van der Waals surface area (Å²) in [5.74, 6) is 2.07. The number of anilines is 2. The molecule has 0 radical (unpaired) electrons. The van der Waals surface area contributed by atoms with Crippen molar-refractivity contribution in [2.75, 3.05) is 12.4 Å². The summed E-state index contributed by atoms with van der Waals surface area (Å²) >= 11 is 3.54. The molecular formula is C22H18BrN3O2. The topological polar surface area (TPSA) is 56.3 Å². The highest BCUT2D eigenvalue weighted by Crippen LogP contribution is 2.33. The number of nitrogens with zero attached hydrogens (tertiary/aromatic N) is 2. The van der Waals surface area contributed by atoms with E-state index in [-0.39, 0.29) is 0 Å². The van der Waals surface area contributed by atoms with Crippen LogP contribution in [0.3, 0.4) is 0 Å². The number of benzene rings is 3. The Morgan fingerprint density at radius 3 is 2.61 bits per heavy atom. The van der Waals surface area contributed by atoms with Gasteiger partial charge in [-0.15, -0.1) is 0 Å². The summed E-state index contributed by atoms with van der Waals surface area (Å²) in [6.45, 7) is 0.446. The third-order valence-corrected chi connectivity index (χ3v) is 5.08. The van der Waals surface area contributed by atoms with Gasteiger partial charge in [0.2, 0.25) is 0 Å². The molecule has 140 valence electrons. The Bertz CT molecular complexity index is 1110. The molecule has 0 fully saturated rings. The van der Waals surface area contributed by atoms with Gasteiger partial charge in [-0.05, 0) is 30.3 Å². The number of aromatic nitrogens is 2. The summed E-state index contributed by atoms with van der Waals surface area (Å²) in [5, 5.41) is 4.29. The summed E-state index contributed by atoms with van der Waals surface area (Å²) in [4.78, 5) is 8.66. The van der Waals surface area contributed by atoms with E-state index in [4.69, 9.17) is 9.47 Å². The standard InChI is InChI=1S/C22H18BrN3O2/c1-27-21-12-16(26-22-17-7-3-5-9-19(17)24-14-25-22)10-11-20(21)28-13-15-6-2-4-8-18(15)23/h2-12,14H,13H2,1H3,(H,24,25,26). The quantitative estimate of drug-likeness (QED) is 0.419. The number of halogens is 1. The molecule has 0 atom stereocenters. The van der Waals surface area contributed by atoms with Crippen molar-refractivity contribution in [3.05, 3.63) is 83.1 Å². The number of fused-ring (bicyclic) bond motifs is 1. The maximum Gasteiger partial charge on any atom is 0.162 e. The Morgan fingerprint density at radius 2 is 1.75 bits per heavy atom. The Kier molecular flexibility index (Phi) is 5.39. The van der Waals surface area contributed by atoms with Gasteiger partial charge >= 0.3 is 0 Å². The summed E-state index contributed by atoms with van der Waals surface area (Å²) in [7, 11) is 1.63. The van der Waals surface area contributed by atoms with Crippen LogP contribution < -0.4 is 14.8 Å². The number of rotatable bonds is 6. The predicted octanol–water partition coefficient (Wildman–Crippen LogP) is 5.72. The number of ether oxygens (including phenoxy) is 2. The lowest BCUT2D eigenvalue weighted by Crippen LogP contribution is -2.00. The van der Waals surface area contributed by atoms with Crippen LogP contribution in [0.2, 0.25) is 0 Å². The third kappa shape index (κ3) is 3.92. The smallest absolute Gasteiger partial charge is 0.162 e. The second-order valence-corrected chi connectivity index (χ2v) is 6.96. The minimum absolute atomic E-state index is 0.446. The number of hydrogen-bond acceptors (Lipinski definition) is 5. The minimum Gasteiger partial charge on any atom is -0.493 e. The van der Waals surface area contributed by atoms with Gasteiger partial charge in [-0.2, -0.15) is 0 Å². The molecule has 1 N–H and O–H groups in total. The van der Waals surface area contributed by atoms with E-state index in [0.717, 1.165) is 32.4 Å². The molecule has 0 saturated heterocycles. The average Bonchev–Trinajstić information content (AvgIpc) is 2.74. The fourth-order valence-corrected chi connectivity index (χ4v) is 3.28. The van der Waals surface area contributed by atoms with Gasteiger partial charge in [-0.1, -0.05) is 46.3 Å². The zero-order valence-electron chi connectivity index (χ0n) is 15.2. The lowest BCUT2D eigenvalue weighted by molar-refractivity contribution is 0.284. The molecular weight excluding hydrogens is 418 g/mol. The Balaban J connectivity index is 1.56. The Hall–Kier alpha value is -3.12. The highest BCUT2D eigenvalue weighted by atomic mass is 79.9. The van der Waals surface area contributed by atoms with Crippen LogP contribution >= 0.6 is 15.9 Å². The van der Waals surface area contributed by atoms with Crippen molar-refractivity contribution >= 4 is 38.3 Å². The van der Waals surface area contributed by atoms with E-state index in [1.807, 2.05) is 66.7 Å². The normalized spacial score (nSPS) is 10.6. The molecule has 5 nitrogen and oxygen atoms in total. The fourth-order valence-electron chi connectivity index (χ4n) is 2.88. The molecule has 0 unspecified atom stereocenters. The summed E-state index contributed by atoms with van der Waals surface area (Å²) < 4.78 is 12.5. The first-order valence-corrected chi connectivity index (χ1v) is 9.55. The SMILES string of the molecule is COc1cc(Nc2ncnc3ccccc23)ccc1OCc1ccccc1Br. The van der Waals surface area contributed by atoms with Crippen LogP contribution in [-0.4, -0.2) is 17.1 Å². The fraction of sp³-hybridized carbons (Fsp3) is 0.0909. The zero-order chi connectivity index (χ0) is 19.3. The van der Waals surface area contributed by atoms with Crippen molar-refractivity contribution in [3.63, 3.8) is 0 Å². The summed E-state index contributed by atoms with van der Waals surface area (Å²) in [6, 6.07) is 21.6. The maximum atomic E-state index is 5.96. The highest BCUT2D eigenvalue weighted by molar-refractivity contribution is 9.10. The summed E-state index contributed by atoms with van der Waals surface area (Å²) in [5.41, 5.74) is 2.81. The van der Waals surface area contributed by atoms with Gasteiger partial charge in [0.25, 0.3) is 0 Å².